The van der Waals surface area contributed by atoms with Crippen LogP contribution in [0.3, 0.4) is 0 Å². The lowest BCUT2D eigenvalue weighted by atomic mass is 9.61. The molecule has 0 heterocycles. The maximum atomic E-state index is 14.5. The molecule has 126 valence electrons. The van der Waals surface area contributed by atoms with E-state index in [1.165, 1.54) is 46.8 Å². The SMILES string of the molecule is C=CCCC1C2=CCC(F)C3CCCC(=C23)C[C@@H]1C/C(I)=C\C. The molecule has 0 saturated carbocycles. The van der Waals surface area contributed by atoms with E-state index in [0.29, 0.717) is 18.3 Å². The number of halogens is 2. The minimum atomic E-state index is -0.642. The Balaban J connectivity index is 1.96. The predicted octanol–water partition coefficient (Wildman–Crippen LogP) is 7.08. The molecular weight excluding hydrogens is 398 g/mol. The summed E-state index contributed by atoms with van der Waals surface area (Å²) in [6.07, 6.45) is 14.6. The lowest BCUT2D eigenvalue weighted by Gasteiger charge is -2.45. The number of hydrogen-bond donors (Lipinski definition) is 0. The summed E-state index contributed by atoms with van der Waals surface area (Å²) in [6.45, 7) is 6.05. The molecule has 3 rings (SSSR count). The van der Waals surface area contributed by atoms with Crippen molar-refractivity contribution in [2.45, 2.75) is 64.5 Å². The molecule has 0 bridgehead atoms. The van der Waals surface area contributed by atoms with Crippen LogP contribution < -0.4 is 0 Å². The third kappa shape index (κ3) is 3.52. The van der Waals surface area contributed by atoms with Crippen molar-refractivity contribution >= 4 is 22.6 Å². The fourth-order valence-corrected chi connectivity index (χ4v) is 5.48. The van der Waals surface area contributed by atoms with Crippen molar-refractivity contribution in [3.63, 3.8) is 0 Å². The molecule has 0 aromatic carbocycles. The van der Waals surface area contributed by atoms with E-state index in [1.54, 1.807) is 5.57 Å². The third-order valence-corrected chi connectivity index (χ3v) is 7.05. The van der Waals surface area contributed by atoms with Crippen LogP contribution in [0, 0.1) is 17.8 Å². The van der Waals surface area contributed by atoms with Gasteiger partial charge in [0.25, 0.3) is 0 Å². The van der Waals surface area contributed by atoms with E-state index in [2.05, 4.69) is 48.2 Å². The summed E-state index contributed by atoms with van der Waals surface area (Å²) in [5.41, 5.74) is 4.57. The number of rotatable bonds is 5. The second kappa shape index (κ2) is 7.67. The van der Waals surface area contributed by atoms with E-state index in [0.717, 1.165) is 12.8 Å². The highest BCUT2D eigenvalue weighted by atomic mass is 127. The quantitative estimate of drug-likeness (QED) is 0.325. The van der Waals surface area contributed by atoms with Crippen LogP contribution in [0.4, 0.5) is 4.39 Å². The van der Waals surface area contributed by atoms with Gasteiger partial charge in [0, 0.05) is 5.92 Å². The maximum absolute atomic E-state index is 14.5. The van der Waals surface area contributed by atoms with Gasteiger partial charge in [-0.2, -0.15) is 0 Å². The first-order valence-electron chi connectivity index (χ1n) is 9.13. The highest BCUT2D eigenvalue weighted by Gasteiger charge is 2.42. The Morgan fingerprint density at radius 2 is 2.30 bits per heavy atom. The molecule has 0 N–H and O–H groups in total. The van der Waals surface area contributed by atoms with E-state index in [4.69, 9.17) is 0 Å². The molecule has 0 aromatic rings. The van der Waals surface area contributed by atoms with Gasteiger partial charge in [0.2, 0.25) is 0 Å². The van der Waals surface area contributed by atoms with Crippen LogP contribution in [0.25, 0.3) is 0 Å². The van der Waals surface area contributed by atoms with Crippen LogP contribution in [0.15, 0.2) is 45.1 Å². The zero-order chi connectivity index (χ0) is 16.4. The molecular formula is C21H28FI. The van der Waals surface area contributed by atoms with Crippen molar-refractivity contribution in [3.8, 4) is 0 Å². The van der Waals surface area contributed by atoms with Crippen LogP contribution in [0.5, 0.6) is 0 Å². The molecule has 4 atom stereocenters. The van der Waals surface area contributed by atoms with Crippen molar-refractivity contribution in [2.24, 2.45) is 17.8 Å². The summed E-state index contributed by atoms with van der Waals surface area (Å²) < 4.78 is 15.9. The summed E-state index contributed by atoms with van der Waals surface area (Å²) in [7, 11) is 0. The Kier molecular flexibility index (Phi) is 5.82. The monoisotopic (exact) mass is 426 g/mol. The van der Waals surface area contributed by atoms with Gasteiger partial charge >= 0.3 is 0 Å². The lowest BCUT2D eigenvalue weighted by molar-refractivity contribution is 0.209. The molecule has 0 fully saturated rings. The largest absolute Gasteiger partial charge is 0.246 e. The van der Waals surface area contributed by atoms with Gasteiger partial charge in [0.1, 0.15) is 6.17 Å². The lowest BCUT2D eigenvalue weighted by Crippen LogP contribution is -2.35. The Morgan fingerprint density at radius 1 is 1.48 bits per heavy atom. The van der Waals surface area contributed by atoms with Crippen LogP contribution in [0.2, 0.25) is 0 Å². The van der Waals surface area contributed by atoms with Gasteiger partial charge in [-0.3, -0.25) is 0 Å². The van der Waals surface area contributed by atoms with Crippen molar-refractivity contribution < 1.29 is 4.39 Å². The second-order valence-electron chi connectivity index (χ2n) is 7.30. The molecule has 0 saturated heterocycles. The average Bonchev–Trinajstić information content (AvgIpc) is 2.56. The first-order chi connectivity index (χ1) is 11.2. The summed E-state index contributed by atoms with van der Waals surface area (Å²) in [5.74, 6) is 1.49. The topological polar surface area (TPSA) is 0 Å². The maximum Gasteiger partial charge on any atom is 0.110 e. The highest BCUT2D eigenvalue weighted by Crippen LogP contribution is 2.53. The Hall–Kier alpha value is -0.380. The Labute approximate surface area is 154 Å². The van der Waals surface area contributed by atoms with Gasteiger partial charge in [0.05, 0.1) is 0 Å². The highest BCUT2D eigenvalue weighted by molar-refractivity contribution is 14.1. The van der Waals surface area contributed by atoms with Gasteiger partial charge in [-0.25, -0.2) is 4.39 Å². The number of alkyl halides is 1. The van der Waals surface area contributed by atoms with Crippen LogP contribution in [-0.4, -0.2) is 6.17 Å². The first kappa shape index (κ1) is 17.4. The molecule has 0 spiro atoms. The molecule has 0 nitrogen and oxygen atoms in total. The molecule has 3 aliphatic rings. The molecule has 0 amide bonds. The molecule has 3 aliphatic carbocycles. The molecule has 3 unspecified atom stereocenters. The van der Waals surface area contributed by atoms with Crippen molar-refractivity contribution in [1.29, 1.82) is 0 Å². The van der Waals surface area contributed by atoms with Crippen molar-refractivity contribution in [2.75, 3.05) is 0 Å². The number of hydrogen-bond acceptors (Lipinski definition) is 0. The Morgan fingerprint density at radius 3 is 3.04 bits per heavy atom. The molecule has 0 aromatic heterocycles. The zero-order valence-electron chi connectivity index (χ0n) is 14.2. The van der Waals surface area contributed by atoms with Gasteiger partial charge in [0.15, 0.2) is 0 Å². The summed E-state index contributed by atoms with van der Waals surface area (Å²) in [5, 5.41) is 0. The summed E-state index contributed by atoms with van der Waals surface area (Å²) in [4.78, 5) is 0. The van der Waals surface area contributed by atoms with Crippen LogP contribution in [-0.2, 0) is 0 Å². The fraction of sp³-hybridized carbons (Fsp3) is 0.619. The van der Waals surface area contributed by atoms with E-state index in [1.807, 2.05) is 6.08 Å². The van der Waals surface area contributed by atoms with Crippen LogP contribution in [0.1, 0.15) is 58.3 Å². The van der Waals surface area contributed by atoms with Crippen molar-refractivity contribution in [1.82, 2.24) is 0 Å². The van der Waals surface area contributed by atoms with E-state index < -0.39 is 6.17 Å². The summed E-state index contributed by atoms with van der Waals surface area (Å²) in [6, 6.07) is 0. The molecule has 23 heavy (non-hydrogen) atoms. The predicted molar refractivity (Wildman–Crippen MR) is 105 cm³/mol. The fourth-order valence-electron chi connectivity index (χ4n) is 4.92. The third-order valence-electron chi connectivity index (χ3n) is 5.99. The molecule has 2 heteroatoms. The van der Waals surface area contributed by atoms with Crippen molar-refractivity contribution in [3.05, 3.63) is 45.1 Å². The normalized spacial score (nSPS) is 34.0. The second-order valence-corrected chi connectivity index (χ2v) is 8.69. The average molecular weight is 426 g/mol. The Bertz CT molecular complexity index is 554. The minimum absolute atomic E-state index is 0.201. The zero-order valence-corrected chi connectivity index (χ0v) is 16.3. The van der Waals surface area contributed by atoms with Gasteiger partial charge < -0.3 is 0 Å². The molecule has 0 aliphatic heterocycles. The molecule has 0 radical (unpaired) electrons. The van der Waals surface area contributed by atoms with Gasteiger partial charge in [-0.1, -0.05) is 23.8 Å². The smallest absolute Gasteiger partial charge is 0.110 e. The van der Waals surface area contributed by atoms with Gasteiger partial charge in [-0.15, -0.1) is 6.58 Å². The standard InChI is InChI=1S/C21H28FI/c1-3-5-8-17-15(13-16(23)4-2)12-14-7-6-9-19-20(22)11-10-18(17)21(14)19/h3-4,10,15,17,19-20H,1,5-9,11-13H2,2H3/b16-4+/t15-,17?,19?,20?/m1/s1. The minimum Gasteiger partial charge on any atom is -0.246 e. The van der Waals surface area contributed by atoms with E-state index >= 15 is 0 Å². The van der Waals surface area contributed by atoms with E-state index in [-0.39, 0.29) is 5.92 Å². The summed E-state index contributed by atoms with van der Waals surface area (Å²) >= 11 is 2.49. The van der Waals surface area contributed by atoms with Gasteiger partial charge in [-0.05, 0) is 107 Å². The number of allylic oxidation sites excluding steroid dienone is 7. The van der Waals surface area contributed by atoms with E-state index in [9.17, 15) is 4.39 Å². The van der Waals surface area contributed by atoms with Crippen LogP contribution >= 0.6 is 22.6 Å². The first-order valence-corrected chi connectivity index (χ1v) is 10.2.